The van der Waals surface area contributed by atoms with Gasteiger partial charge in [-0.15, -0.1) is 0 Å². The number of anilines is 2. The molecule has 0 unspecified atom stereocenters. The van der Waals surface area contributed by atoms with Gasteiger partial charge < -0.3 is 10.6 Å². The second kappa shape index (κ2) is 7.81. The van der Waals surface area contributed by atoms with Crippen LogP contribution in [0, 0.1) is 6.92 Å². The molecule has 4 nitrogen and oxygen atoms in total. The van der Waals surface area contributed by atoms with Gasteiger partial charge in [-0.05, 0) is 54.4 Å². The molecule has 0 saturated heterocycles. The molecular formula is C20H18ClN3O. The number of hydrogen-bond acceptors (Lipinski definition) is 3. The number of aryl methyl sites for hydroxylation is 1. The van der Waals surface area contributed by atoms with Crippen LogP contribution in [0.1, 0.15) is 21.5 Å². The Labute approximate surface area is 151 Å². The number of nitrogens with one attached hydrogen (secondary N) is 2. The maximum atomic E-state index is 12.4. The number of aromatic nitrogens is 1. The maximum absolute atomic E-state index is 12.4. The van der Waals surface area contributed by atoms with Crippen LogP contribution in [0.25, 0.3) is 0 Å². The van der Waals surface area contributed by atoms with Crippen LogP contribution < -0.4 is 10.6 Å². The topological polar surface area (TPSA) is 54.0 Å². The zero-order valence-corrected chi connectivity index (χ0v) is 14.5. The van der Waals surface area contributed by atoms with Gasteiger partial charge in [0, 0.05) is 29.0 Å². The first-order valence-electron chi connectivity index (χ1n) is 7.93. The van der Waals surface area contributed by atoms with Gasteiger partial charge in [-0.2, -0.15) is 0 Å². The molecule has 0 aliphatic heterocycles. The van der Waals surface area contributed by atoms with E-state index in [-0.39, 0.29) is 5.91 Å². The van der Waals surface area contributed by atoms with Gasteiger partial charge in [0.1, 0.15) is 5.82 Å². The maximum Gasteiger partial charge on any atom is 0.255 e. The van der Waals surface area contributed by atoms with Gasteiger partial charge in [-0.25, -0.2) is 4.98 Å². The van der Waals surface area contributed by atoms with E-state index < -0.39 is 0 Å². The van der Waals surface area contributed by atoms with Gasteiger partial charge in [0.2, 0.25) is 0 Å². The van der Waals surface area contributed by atoms with Gasteiger partial charge in [0.25, 0.3) is 5.91 Å². The normalized spacial score (nSPS) is 10.3. The van der Waals surface area contributed by atoms with E-state index in [1.165, 1.54) is 11.1 Å². The Bertz CT molecular complexity index is 878. The van der Waals surface area contributed by atoms with Gasteiger partial charge in [-0.3, -0.25) is 4.79 Å². The third-order valence-electron chi connectivity index (χ3n) is 3.85. The summed E-state index contributed by atoms with van der Waals surface area (Å²) in [4.78, 5) is 16.7. The zero-order valence-electron chi connectivity index (χ0n) is 13.8. The number of pyridine rings is 1. The minimum absolute atomic E-state index is 0.191. The molecule has 0 radical (unpaired) electrons. The average Bonchev–Trinajstić information content (AvgIpc) is 2.63. The molecule has 1 amide bonds. The van der Waals surface area contributed by atoms with E-state index in [0.717, 1.165) is 0 Å². The summed E-state index contributed by atoms with van der Waals surface area (Å²) in [7, 11) is 0. The molecular weight excluding hydrogens is 334 g/mol. The summed E-state index contributed by atoms with van der Waals surface area (Å²) in [5.74, 6) is 0.468. The van der Waals surface area contributed by atoms with Crippen LogP contribution in [-0.2, 0) is 6.54 Å². The second-order valence-electron chi connectivity index (χ2n) is 5.67. The van der Waals surface area contributed by atoms with Crippen LogP contribution in [0.15, 0.2) is 66.9 Å². The fourth-order valence-corrected chi connectivity index (χ4v) is 2.53. The molecule has 3 aromatic rings. The smallest absolute Gasteiger partial charge is 0.255 e. The van der Waals surface area contributed by atoms with Gasteiger partial charge in [-0.1, -0.05) is 35.9 Å². The summed E-state index contributed by atoms with van der Waals surface area (Å²) in [5.41, 5.74) is 3.64. The van der Waals surface area contributed by atoms with E-state index in [4.69, 9.17) is 11.6 Å². The molecule has 1 aromatic heterocycles. The number of rotatable bonds is 5. The number of nitrogens with zero attached hydrogens (tertiary/aromatic N) is 1. The highest BCUT2D eigenvalue weighted by Gasteiger charge is 2.08. The van der Waals surface area contributed by atoms with Crippen LogP contribution in [0.2, 0.25) is 5.02 Å². The fourth-order valence-electron chi connectivity index (χ4n) is 2.40. The molecule has 126 valence electrons. The SMILES string of the molecule is Cc1ccccc1CNc1cc(C(=O)Nc2ccc(Cl)cc2)ccn1. The lowest BCUT2D eigenvalue weighted by Crippen LogP contribution is -2.12. The van der Waals surface area contributed by atoms with E-state index in [0.29, 0.717) is 28.6 Å². The van der Waals surface area contributed by atoms with E-state index in [1.54, 1.807) is 42.6 Å². The molecule has 1 heterocycles. The molecule has 0 fully saturated rings. The Kier molecular flexibility index (Phi) is 5.31. The third-order valence-corrected chi connectivity index (χ3v) is 4.10. The molecule has 0 bridgehead atoms. The Hall–Kier alpha value is -2.85. The first-order chi connectivity index (χ1) is 12.1. The molecule has 0 atom stereocenters. The second-order valence-corrected chi connectivity index (χ2v) is 6.11. The van der Waals surface area contributed by atoms with E-state index in [2.05, 4.69) is 34.7 Å². The van der Waals surface area contributed by atoms with E-state index in [1.807, 2.05) is 12.1 Å². The Morgan fingerprint density at radius 1 is 1.08 bits per heavy atom. The third kappa shape index (κ3) is 4.58. The van der Waals surface area contributed by atoms with Crippen molar-refractivity contribution in [3.63, 3.8) is 0 Å². The van der Waals surface area contributed by atoms with Crippen molar-refractivity contribution in [2.45, 2.75) is 13.5 Å². The highest BCUT2D eigenvalue weighted by atomic mass is 35.5. The Morgan fingerprint density at radius 3 is 2.60 bits per heavy atom. The quantitative estimate of drug-likeness (QED) is 0.686. The Morgan fingerprint density at radius 2 is 1.84 bits per heavy atom. The van der Waals surface area contributed by atoms with E-state index >= 15 is 0 Å². The van der Waals surface area contributed by atoms with Crippen molar-refractivity contribution in [1.82, 2.24) is 4.98 Å². The van der Waals surface area contributed by atoms with Crippen molar-refractivity contribution in [2.24, 2.45) is 0 Å². The van der Waals surface area contributed by atoms with Crippen molar-refractivity contribution >= 4 is 29.0 Å². The molecule has 25 heavy (non-hydrogen) atoms. The summed E-state index contributed by atoms with van der Waals surface area (Å²) in [6.45, 7) is 2.72. The number of benzene rings is 2. The van der Waals surface area contributed by atoms with Crippen LogP contribution in [0.3, 0.4) is 0 Å². The molecule has 0 spiro atoms. The standard InChI is InChI=1S/C20H18ClN3O/c1-14-4-2-3-5-16(14)13-23-19-12-15(10-11-22-19)20(25)24-18-8-6-17(21)7-9-18/h2-12H,13H2,1H3,(H,22,23)(H,24,25). The lowest BCUT2D eigenvalue weighted by molar-refractivity contribution is 0.102. The van der Waals surface area contributed by atoms with Crippen LogP contribution in [-0.4, -0.2) is 10.9 Å². The first kappa shape index (κ1) is 17.0. The zero-order chi connectivity index (χ0) is 17.6. The minimum Gasteiger partial charge on any atom is -0.366 e. The lowest BCUT2D eigenvalue weighted by atomic mass is 10.1. The lowest BCUT2D eigenvalue weighted by Gasteiger charge is -2.10. The predicted octanol–water partition coefficient (Wildman–Crippen LogP) is 4.91. The monoisotopic (exact) mass is 351 g/mol. The summed E-state index contributed by atoms with van der Waals surface area (Å²) in [6, 6.07) is 18.6. The van der Waals surface area contributed by atoms with Gasteiger partial charge >= 0.3 is 0 Å². The highest BCUT2D eigenvalue weighted by Crippen LogP contribution is 2.16. The number of carbonyl (C=O) groups excluding carboxylic acids is 1. The molecule has 2 aromatic carbocycles. The molecule has 5 heteroatoms. The van der Waals surface area contributed by atoms with Gasteiger partial charge in [0.15, 0.2) is 0 Å². The summed E-state index contributed by atoms with van der Waals surface area (Å²) < 4.78 is 0. The number of hydrogen-bond donors (Lipinski definition) is 2. The van der Waals surface area contributed by atoms with Crippen molar-refractivity contribution in [1.29, 1.82) is 0 Å². The highest BCUT2D eigenvalue weighted by molar-refractivity contribution is 6.30. The number of amides is 1. The molecule has 0 saturated carbocycles. The Balaban J connectivity index is 1.67. The van der Waals surface area contributed by atoms with Crippen molar-refractivity contribution in [3.05, 3.63) is 88.6 Å². The summed E-state index contributed by atoms with van der Waals surface area (Å²) >= 11 is 5.85. The number of carbonyl (C=O) groups is 1. The summed E-state index contributed by atoms with van der Waals surface area (Å²) in [6.07, 6.45) is 1.62. The minimum atomic E-state index is -0.191. The van der Waals surface area contributed by atoms with Crippen LogP contribution >= 0.6 is 11.6 Å². The molecule has 3 rings (SSSR count). The largest absolute Gasteiger partial charge is 0.366 e. The van der Waals surface area contributed by atoms with Crippen LogP contribution in [0.5, 0.6) is 0 Å². The fraction of sp³-hybridized carbons (Fsp3) is 0.100. The molecule has 2 N–H and O–H groups in total. The molecule has 0 aliphatic carbocycles. The molecule has 0 aliphatic rings. The van der Waals surface area contributed by atoms with Crippen molar-refractivity contribution in [2.75, 3.05) is 10.6 Å². The van der Waals surface area contributed by atoms with Crippen molar-refractivity contribution < 1.29 is 4.79 Å². The first-order valence-corrected chi connectivity index (χ1v) is 8.31. The van der Waals surface area contributed by atoms with E-state index in [9.17, 15) is 4.79 Å². The van der Waals surface area contributed by atoms with Crippen molar-refractivity contribution in [3.8, 4) is 0 Å². The predicted molar refractivity (Wildman–Crippen MR) is 102 cm³/mol. The number of halogens is 1. The average molecular weight is 352 g/mol. The van der Waals surface area contributed by atoms with Crippen LogP contribution in [0.4, 0.5) is 11.5 Å². The summed E-state index contributed by atoms with van der Waals surface area (Å²) in [5, 5.41) is 6.73. The van der Waals surface area contributed by atoms with Gasteiger partial charge in [0.05, 0.1) is 0 Å².